The van der Waals surface area contributed by atoms with Crippen LogP contribution in [0.15, 0.2) is 54.6 Å². The molecule has 2 fully saturated rings. The Morgan fingerprint density at radius 1 is 0.906 bits per heavy atom. The number of likely N-dealkylation sites (tertiary alicyclic amines) is 1. The largest absolute Gasteiger partial charge is 0.390 e. The van der Waals surface area contributed by atoms with Crippen molar-refractivity contribution in [2.24, 2.45) is 0 Å². The first kappa shape index (κ1) is 21.7. The molecule has 5 rings (SSSR count). The predicted molar refractivity (Wildman–Crippen MR) is 131 cm³/mol. The van der Waals surface area contributed by atoms with E-state index in [4.69, 9.17) is 0 Å². The van der Waals surface area contributed by atoms with Crippen LogP contribution in [-0.4, -0.2) is 82.7 Å². The van der Waals surface area contributed by atoms with E-state index in [2.05, 4.69) is 81.2 Å². The highest BCUT2D eigenvalue weighted by molar-refractivity contribution is 5.84. The van der Waals surface area contributed by atoms with Gasteiger partial charge < -0.3 is 15.0 Å². The average molecular weight is 433 g/mol. The molecule has 2 N–H and O–H groups in total. The summed E-state index contributed by atoms with van der Waals surface area (Å²) in [6.07, 6.45) is 1.90. The molecule has 1 aromatic heterocycles. The van der Waals surface area contributed by atoms with Crippen molar-refractivity contribution in [3.8, 4) is 0 Å². The lowest BCUT2D eigenvalue weighted by atomic mass is 9.98. The minimum Gasteiger partial charge on any atom is -0.390 e. The van der Waals surface area contributed by atoms with Crippen molar-refractivity contribution in [2.45, 2.75) is 38.5 Å². The molecular formula is C27H36N4O. The van der Waals surface area contributed by atoms with Gasteiger partial charge in [-0.1, -0.05) is 48.5 Å². The highest BCUT2D eigenvalue weighted by atomic mass is 16.3. The van der Waals surface area contributed by atoms with Crippen LogP contribution in [0.4, 0.5) is 0 Å². The SMILES string of the molecule is Cc1[nH]c2ccccc2c1CN1CC[C@H](N2CCN(CCc3ccccc3)CC2)[C@@H](O)C1. The maximum atomic E-state index is 11.0. The van der Waals surface area contributed by atoms with Gasteiger partial charge in [-0.25, -0.2) is 0 Å². The van der Waals surface area contributed by atoms with Crippen LogP contribution in [0.25, 0.3) is 10.9 Å². The first-order chi connectivity index (χ1) is 15.7. The molecule has 0 spiro atoms. The van der Waals surface area contributed by atoms with Gasteiger partial charge in [0, 0.05) is 75.0 Å². The van der Waals surface area contributed by atoms with Crippen LogP contribution >= 0.6 is 0 Å². The molecule has 2 saturated heterocycles. The Morgan fingerprint density at radius 2 is 1.66 bits per heavy atom. The Kier molecular flexibility index (Phi) is 6.60. The number of nitrogens with one attached hydrogen (secondary N) is 1. The number of nitrogens with zero attached hydrogens (tertiary/aromatic N) is 3. The summed E-state index contributed by atoms with van der Waals surface area (Å²) in [4.78, 5) is 11.1. The van der Waals surface area contributed by atoms with Crippen LogP contribution in [0.5, 0.6) is 0 Å². The number of hydrogen-bond donors (Lipinski definition) is 2. The van der Waals surface area contributed by atoms with Gasteiger partial charge in [-0.15, -0.1) is 0 Å². The lowest BCUT2D eigenvalue weighted by Gasteiger charge is -2.45. The van der Waals surface area contributed by atoms with Crippen molar-refractivity contribution in [3.05, 3.63) is 71.4 Å². The number of aromatic nitrogens is 1. The Bertz CT molecular complexity index is 1010. The lowest BCUT2D eigenvalue weighted by molar-refractivity contribution is -0.0307. The normalized spacial score (nSPS) is 23.7. The van der Waals surface area contributed by atoms with Crippen LogP contribution < -0.4 is 0 Å². The second kappa shape index (κ2) is 9.75. The van der Waals surface area contributed by atoms with Crippen molar-refractivity contribution in [3.63, 3.8) is 0 Å². The molecule has 0 unspecified atom stereocenters. The van der Waals surface area contributed by atoms with Crippen molar-refractivity contribution in [1.82, 2.24) is 19.7 Å². The second-order valence-electron chi connectivity index (χ2n) is 9.55. The molecule has 5 nitrogen and oxygen atoms in total. The van der Waals surface area contributed by atoms with Gasteiger partial charge in [0.05, 0.1) is 6.10 Å². The first-order valence-electron chi connectivity index (χ1n) is 12.1. The van der Waals surface area contributed by atoms with Crippen molar-refractivity contribution < 1.29 is 5.11 Å². The standard InChI is InChI=1S/C27H36N4O/c1-21-24(23-9-5-6-10-25(23)28-21)19-30-14-12-26(27(32)20-30)31-17-15-29(16-18-31)13-11-22-7-3-2-4-8-22/h2-10,26-28,32H,11-20H2,1H3/t26-,27-/m0/s1. The number of piperazine rings is 1. The van der Waals surface area contributed by atoms with E-state index in [1.807, 2.05) is 0 Å². The second-order valence-corrected chi connectivity index (χ2v) is 9.55. The molecule has 170 valence electrons. The summed E-state index contributed by atoms with van der Waals surface area (Å²) < 4.78 is 0. The van der Waals surface area contributed by atoms with E-state index in [1.165, 1.54) is 27.7 Å². The number of fused-ring (bicyclic) bond motifs is 1. The highest BCUT2D eigenvalue weighted by Crippen LogP contribution is 2.26. The average Bonchev–Trinajstić information content (AvgIpc) is 3.14. The van der Waals surface area contributed by atoms with E-state index in [1.54, 1.807) is 0 Å². The van der Waals surface area contributed by atoms with Gasteiger partial charge in [0.15, 0.2) is 0 Å². The summed E-state index contributed by atoms with van der Waals surface area (Å²) in [6.45, 7) is 10.4. The van der Waals surface area contributed by atoms with Gasteiger partial charge in [0.1, 0.15) is 0 Å². The van der Waals surface area contributed by atoms with E-state index in [-0.39, 0.29) is 6.10 Å². The predicted octanol–water partition coefficient (Wildman–Crippen LogP) is 3.27. The molecule has 2 atom stereocenters. The number of benzene rings is 2. The summed E-state index contributed by atoms with van der Waals surface area (Å²) in [6, 6.07) is 19.6. The molecule has 3 aromatic rings. The maximum absolute atomic E-state index is 11.0. The van der Waals surface area contributed by atoms with E-state index >= 15 is 0 Å². The smallest absolute Gasteiger partial charge is 0.0822 e. The number of hydrogen-bond acceptors (Lipinski definition) is 4. The molecule has 2 aliphatic rings. The van der Waals surface area contributed by atoms with Crippen LogP contribution in [0.3, 0.4) is 0 Å². The third-order valence-corrected chi connectivity index (χ3v) is 7.47. The summed E-state index contributed by atoms with van der Waals surface area (Å²) in [5.41, 5.74) is 5.25. The number of aromatic amines is 1. The minimum atomic E-state index is -0.273. The van der Waals surface area contributed by atoms with Gasteiger partial charge in [-0.05, 0) is 37.0 Å². The lowest BCUT2D eigenvalue weighted by Crippen LogP contribution is -2.58. The quantitative estimate of drug-likeness (QED) is 0.628. The number of β-amino-alcohol motifs (C(OH)–C–C–N with tert-alkyl or cyclic N) is 1. The zero-order valence-electron chi connectivity index (χ0n) is 19.2. The van der Waals surface area contributed by atoms with Crippen molar-refractivity contribution in [1.29, 1.82) is 0 Å². The fourth-order valence-electron chi connectivity index (χ4n) is 5.57. The monoisotopic (exact) mass is 432 g/mol. The highest BCUT2D eigenvalue weighted by Gasteiger charge is 2.33. The number of aliphatic hydroxyl groups is 1. The number of H-pyrrole nitrogens is 1. The van der Waals surface area contributed by atoms with E-state index in [0.717, 1.165) is 65.2 Å². The summed E-state index contributed by atoms with van der Waals surface area (Å²) >= 11 is 0. The zero-order valence-corrected chi connectivity index (χ0v) is 19.2. The third-order valence-electron chi connectivity index (χ3n) is 7.47. The number of aryl methyl sites for hydroxylation is 1. The topological polar surface area (TPSA) is 45.7 Å². The number of para-hydroxylation sites is 1. The van der Waals surface area contributed by atoms with E-state index in [9.17, 15) is 5.11 Å². The molecule has 0 saturated carbocycles. The van der Waals surface area contributed by atoms with Crippen molar-refractivity contribution >= 4 is 10.9 Å². The van der Waals surface area contributed by atoms with Gasteiger partial charge in [-0.2, -0.15) is 0 Å². The Morgan fingerprint density at radius 3 is 2.44 bits per heavy atom. The van der Waals surface area contributed by atoms with Gasteiger partial charge in [0.25, 0.3) is 0 Å². The Labute approximate surface area is 191 Å². The summed E-state index contributed by atoms with van der Waals surface area (Å²) in [5, 5.41) is 12.3. The van der Waals surface area contributed by atoms with E-state index < -0.39 is 0 Å². The maximum Gasteiger partial charge on any atom is 0.0822 e. The Balaban J connectivity index is 1.11. The van der Waals surface area contributed by atoms with Crippen LogP contribution in [-0.2, 0) is 13.0 Å². The van der Waals surface area contributed by atoms with Gasteiger partial charge >= 0.3 is 0 Å². The van der Waals surface area contributed by atoms with E-state index in [0.29, 0.717) is 6.04 Å². The molecule has 0 bridgehead atoms. The van der Waals surface area contributed by atoms with Gasteiger partial charge in [-0.3, -0.25) is 9.80 Å². The van der Waals surface area contributed by atoms with Crippen LogP contribution in [0.1, 0.15) is 23.2 Å². The summed E-state index contributed by atoms with van der Waals surface area (Å²) in [7, 11) is 0. The van der Waals surface area contributed by atoms with Crippen LogP contribution in [0.2, 0.25) is 0 Å². The molecule has 0 amide bonds. The molecule has 0 radical (unpaired) electrons. The molecule has 3 heterocycles. The fourth-order valence-corrected chi connectivity index (χ4v) is 5.57. The molecule has 0 aliphatic carbocycles. The molecule has 5 heteroatoms. The number of piperidine rings is 1. The number of rotatable bonds is 6. The first-order valence-corrected chi connectivity index (χ1v) is 12.1. The van der Waals surface area contributed by atoms with Crippen molar-refractivity contribution in [2.75, 3.05) is 45.8 Å². The Hall–Kier alpha value is -2.18. The number of aliphatic hydroxyl groups excluding tert-OH is 1. The molecule has 2 aromatic carbocycles. The van der Waals surface area contributed by atoms with Crippen LogP contribution in [0, 0.1) is 6.92 Å². The fraction of sp³-hybridized carbons (Fsp3) is 0.481. The third kappa shape index (κ3) is 4.76. The molecule has 32 heavy (non-hydrogen) atoms. The molecule has 2 aliphatic heterocycles. The zero-order chi connectivity index (χ0) is 21.9. The molecular weight excluding hydrogens is 396 g/mol. The van der Waals surface area contributed by atoms with Gasteiger partial charge in [0.2, 0.25) is 0 Å². The summed E-state index contributed by atoms with van der Waals surface area (Å²) in [5.74, 6) is 0. The minimum absolute atomic E-state index is 0.273.